The molecule has 0 heterocycles. The van der Waals surface area contributed by atoms with Crippen LogP contribution < -0.4 is 16.0 Å². The predicted molar refractivity (Wildman–Crippen MR) is 130 cm³/mol. The van der Waals surface area contributed by atoms with Gasteiger partial charge >= 0.3 is 0 Å². The van der Waals surface area contributed by atoms with Crippen LogP contribution in [0.15, 0.2) is 29.3 Å². The third-order valence-electron chi connectivity index (χ3n) is 4.42. The van der Waals surface area contributed by atoms with Crippen molar-refractivity contribution < 1.29 is 4.79 Å². The van der Waals surface area contributed by atoms with E-state index in [1.165, 1.54) is 0 Å². The Morgan fingerprint density at radius 3 is 2.36 bits per heavy atom. The van der Waals surface area contributed by atoms with Crippen molar-refractivity contribution in [1.82, 2.24) is 20.9 Å². The van der Waals surface area contributed by atoms with Crippen LogP contribution in [0, 0.1) is 0 Å². The second-order valence-electron chi connectivity index (χ2n) is 7.19. The first-order valence-electron chi connectivity index (χ1n) is 9.96. The lowest BCUT2D eigenvalue weighted by atomic mass is 10.1. The molecule has 0 aliphatic heterocycles. The minimum absolute atomic E-state index is 0. The molecule has 0 saturated carbocycles. The van der Waals surface area contributed by atoms with Crippen LogP contribution in [0.1, 0.15) is 57.0 Å². The second kappa shape index (κ2) is 14.6. The summed E-state index contributed by atoms with van der Waals surface area (Å²) in [6.45, 7) is 14.1. The Labute approximate surface area is 188 Å². The molecule has 0 atom stereocenters. The van der Waals surface area contributed by atoms with Gasteiger partial charge in [0.05, 0.1) is 0 Å². The largest absolute Gasteiger partial charge is 0.356 e. The highest BCUT2D eigenvalue weighted by molar-refractivity contribution is 14.0. The topological polar surface area (TPSA) is 68.8 Å². The SMILES string of the molecule is CCNC(=O)c1cccc(CNC(=NC)NCCCN(C(C)C)C(C)C)c1.I. The van der Waals surface area contributed by atoms with Crippen LogP contribution in [0.25, 0.3) is 0 Å². The van der Waals surface area contributed by atoms with Gasteiger partial charge in [-0.05, 0) is 58.7 Å². The Morgan fingerprint density at radius 2 is 1.79 bits per heavy atom. The maximum atomic E-state index is 11.9. The minimum Gasteiger partial charge on any atom is -0.356 e. The number of rotatable bonds is 10. The van der Waals surface area contributed by atoms with E-state index in [9.17, 15) is 4.79 Å². The van der Waals surface area contributed by atoms with Gasteiger partial charge in [0.25, 0.3) is 5.91 Å². The Balaban J connectivity index is 0.00000729. The van der Waals surface area contributed by atoms with E-state index in [4.69, 9.17) is 0 Å². The maximum Gasteiger partial charge on any atom is 0.251 e. The van der Waals surface area contributed by atoms with Gasteiger partial charge in [-0.3, -0.25) is 14.7 Å². The summed E-state index contributed by atoms with van der Waals surface area (Å²) in [6, 6.07) is 8.76. The van der Waals surface area contributed by atoms with Gasteiger partial charge in [0, 0.05) is 50.9 Å². The molecule has 1 aromatic rings. The van der Waals surface area contributed by atoms with E-state index in [2.05, 4.69) is 53.5 Å². The first kappa shape index (κ1) is 26.6. The van der Waals surface area contributed by atoms with E-state index < -0.39 is 0 Å². The number of benzene rings is 1. The molecule has 1 aromatic carbocycles. The molecule has 3 N–H and O–H groups in total. The van der Waals surface area contributed by atoms with Crippen molar-refractivity contribution in [2.45, 2.75) is 59.7 Å². The summed E-state index contributed by atoms with van der Waals surface area (Å²) in [7, 11) is 1.77. The smallest absolute Gasteiger partial charge is 0.251 e. The predicted octanol–water partition coefficient (Wildman–Crippen LogP) is 3.23. The molecule has 0 aliphatic carbocycles. The highest BCUT2D eigenvalue weighted by Crippen LogP contribution is 2.06. The number of carbonyl (C=O) groups excluding carboxylic acids is 1. The summed E-state index contributed by atoms with van der Waals surface area (Å²) >= 11 is 0. The van der Waals surface area contributed by atoms with E-state index >= 15 is 0 Å². The van der Waals surface area contributed by atoms with Gasteiger partial charge in [-0.2, -0.15) is 0 Å². The van der Waals surface area contributed by atoms with Crippen molar-refractivity contribution in [1.29, 1.82) is 0 Å². The van der Waals surface area contributed by atoms with Crippen LogP contribution in [0.3, 0.4) is 0 Å². The fourth-order valence-corrected chi connectivity index (χ4v) is 3.07. The van der Waals surface area contributed by atoms with Crippen LogP contribution >= 0.6 is 24.0 Å². The Morgan fingerprint density at radius 1 is 1.11 bits per heavy atom. The van der Waals surface area contributed by atoms with Crippen LogP contribution in [-0.4, -0.2) is 55.5 Å². The molecule has 0 aromatic heterocycles. The second-order valence-corrected chi connectivity index (χ2v) is 7.19. The lowest BCUT2D eigenvalue weighted by molar-refractivity contribution is 0.0955. The van der Waals surface area contributed by atoms with E-state index in [0.717, 1.165) is 31.0 Å². The van der Waals surface area contributed by atoms with E-state index in [-0.39, 0.29) is 29.9 Å². The molecule has 7 heteroatoms. The van der Waals surface area contributed by atoms with E-state index in [0.29, 0.717) is 30.7 Å². The Bertz CT molecular complexity index is 596. The number of aliphatic imine (C=N–C) groups is 1. The molecular weight excluding hydrogens is 465 g/mol. The number of amides is 1. The average Bonchev–Trinajstić information content (AvgIpc) is 2.63. The number of nitrogens with zero attached hydrogens (tertiary/aromatic N) is 2. The molecule has 0 fully saturated rings. The van der Waals surface area contributed by atoms with Crippen LogP contribution in [0.2, 0.25) is 0 Å². The highest BCUT2D eigenvalue weighted by atomic mass is 127. The molecule has 0 radical (unpaired) electrons. The van der Waals surface area contributed by atoms with E-state index in [1.54, 1.807) is 7.05 Å². The number of carbonyl (C=O) groups is 1. The summed E-state index contributed by atoms with van der Waals surface area (Å²) in [5.74, 6) is 0.737. The van der Waals surface area contributed by atoms with Crippen molar-refractivity contribution in [3.8, 4) is 0 Å². The standard InChI is InChI=1S/C21H37N5O.HI/c1-7-23-20(27)19-11-8-10-18(14-19)15-25-21(22-6)24-12-9-13-26(16(2)3)17(4)5;/h8,10-11,14,16-17H,7,9,12-13,15H2,1-6H3,(H,23,27)(H2,22,24,25);1H. The van der Waals surface area contributed by atoms with Crippen molar-refractivity contribution in [2.75, 3.05) is 26.7 Å². The molecule has 0 spiro atoms. The summed E-state index contributed by atoms with van der Waals surface area (Å²) < 4.78 is 0. The zero-order valence-electron chi connectivity index (χ0n) is 18.2. The van der Waals surface area contributed by atoms with Gasteiger partial charge in [0.2, 0.25) is 0 Å². The zero-order chi connectivity index (χ0) is 20.2. The van der Waals surface area contributed by atoms with Crippen molar-refractivity contribution in [2.24, 2.45) is 4.99 Å². The third-order valence-corrected chi connectivity index (χ3v) is 4.42. The first-order chi connectivity index (χ1) is 12.9. The molecule has 0 aliphatic rings. The molecule has 160 valence electrons. The maximum absolute atomic E-state index is 11.9. The fraction of sp³-hybridized carbons (Fsp3) is 0.619. The molecule has 1 rings (SSSR count). The molecular formula is C21H38IN5O. The summed E-state index contributed by atoms with van der Waals surface area (Å²) in [6.07, 6.45) is 1.06. The molecule has 0 saturated heterocycles. The lowest BCUT2D eigenvalue weighted by Crippen LogP contribution is -2.41. The van der Waals surface area contributed by atoms with Gasteiger partial charge < -0.3 is 16.0 Å². The van der Waals surface area contributed by atoms with Crippen LogP contribution in [-0.2, 0) is 6.54 Å². The molecule has 0 unspecified atom stereocenters. The van der Waals surface area contributed by atoms with Crippen molar-refractivity contribution >= 4 is 35.8 Å². The van der Waals surface area contributed by atoms with Crippen LogP contribution in [0.4, 0.5) is 0 Å². The first-order valence-corrected chi connectivity index (χ1v) is 9.96. The molecule has 1 amide bonds. The van der Waals surface area contributed by atoms with Gasteiger partial charge in [-0.25, -0.2) is 0 Å². The normalized spacial score (nSPS) is 11.5. The Hall–Kier alpha value is -1.35. The van der Waals surface area contributed by atoms with Gasteiger partial charge in [-0.15, -0.1) is 24.0 Å². The zero-order valence-corrected chi connectivity index (χ0v) is 20.5. The summed E-state index contributed by atoms with van der Waals surface area (Å²) in [4.78, 5) is 18.7. The average molecular weight is 503 g/mol. The van der Waals surface area contributed by atoms with Gasteiger partial charge in [0.15, 0.2) is 5.96 Å². The minimum atomic E-state index is -0.0401. The number of halogens is 1. The van der Waals surface area contributed by atoms with Gasteiger partial charge in [0.1, 0.15) is 0 Å². The van der Waals surface area contributed by atoms with Crippen molar-refractivity contribution in [3.63, 3.8) is 0 Å². The molecule has 0 bridgehead atoms. The number of hydrogen-bond acceptors (Lipinski definition) is 3. The van der Waals surface area contributed by atoms with Gasteiger partial charge in [-0.1, -0.05) is 12.1 Å². The Kier molecular flexibility index (Phi) is 13.9. The monoisotopic (exact) mass is 503 g/mol. The lowest BCUT2D eigenvalue weighted by Gasteiger charge is -2.30. The van der Waals surface area contributed by atoms with Crippen molar-refractivity contribution in [3.05, 3.63) is 35.4 Å². The summed E-state index contributed by atoms with van der Waals surface area (Å²) in [5.41, 5.74) is 1.73. The number of nitrogens with one attached hydrogen (secondary N) is 3. The quantitative estimate of drug-likeness (QED) is 0.199. The number of guanidine groups is 1. The summed E-state index contributed by atoms with van der Waals surface area (Å²) in [5, 5.41) is 9.50. The highest BCUT2D eigenvalue weighted by Gasteiger charge is 2.12. The fourth-order valence-electron chi connectivity index (χ4n) is 3.07. The van der Waals surface area contributed by atoms with E-state index in [1.807, 2.05) is 31.2 Å². The molecule has 28 heavy (non-hydrogen) atoms. The molecule has 6 nitrogen and oxygen atoms in total. The number of hydrogen-bond donors (Lipinski definition) is 3. The van der Waals surface area contributed by atoms with Crippen LogP contribution in [0.5, 0.6) is 0 Å². The third kappa shape index (κ3) is 9.73.